The number of carbonyl (C=O) groups excluding carboxylic acids is 1. The van der Waals surface area contributed by atoms with E-state index in [4.69, 9.17) is 16.3 Å². The number of hydrogen-bond donors (Lipinski definition) is 1. The Morgan fingerprint density at radius 3 is 2.56 bits per heavy atom. The number of ether oxygens (including phenoxy) is 1. The maximum atomic E-state index is 13.1. The highest BCUT2D eigenvalue weighted by atomic mass is 35.5. The van der Waals surface area contributed by atoms with Crippen molar-refractivity contribution >= 4 is 23.2 Å². The highest BCUT2D eigenvalue weighted by molar-refractivity contribution is 6.30. The lowest BCUT2D eigenvalue weighted by Gasteiger charge is -2.28. The van der Waals surface area contributed by atoms with E-state index in [1.807, 2.05) is 71.6 Å². The van der Waals surface area contributed by atoms with Gasteiger partial charge in [-0.25, -0.2) is 0 Å². The molecule has 0 radical (unpaired) electrons. The zero-order valence-electron chi connectivity index (χ0n) is 14.9. The third-order valence-electron chi connectivity index (χ3n) is 4.71. The van der Waals surface area contributed by atoms with Crippen LogP contribution in [0.2, 0.25) is 5.02 Å². The van der Waals surface area contributed by atoms with E-state index in [1.165, 1.54) is 0 Å². The molecule has 27 heavy (non-hydrogen) atoms. The Morgan fingerprint density at radius 1 is 1.04 bits per heavy atom. The molecule has 1 atom stereocenters. The second-order valence-electron chi connectivity index (χ2n) is 6.40. The second kappa shape index (κ2) is 7.33. The third kappa shape index (κ3) is 3.36. The molecule has 0 spiro atoms. The molecule has 5 heteroatoms. The van der Waals surface area contributed by atoms with Crippen LogP contribution < -0.4 is 10.1 Å². The molecule has 0 bridgehead atoms. The van der Waals surface area contributed by atoms with Crippen molar-refractivity contribution in [2.45, 2.75) is 12.7 Å². The average Bonchev–Trinajstić information content (AvgIpc) is 2.95. The number of hydrogen-bond acceptors (Lipinski definition) is 3. The molecule has 1 heterocycles. The molecule has 3 aromatic rings. The van der Waals surface area contributed by atoms with Crippen LogP contribution in [0.3, 0.4) is 0 Å². The first-order valence-electron chi connectivity index (χ1n) is 8.71. The van der Waals surface area contributed by atoms with Crippen molar-refractivity contribution in [3.05, 3.63) is 94.5 Å². The van der Waals surface area contributed by atoms with Crippen molar-refractivity contribution in [2.24, 2.45) is 0 Å². The highest BCUT2D eigenvalue weighted by Gasteiger charge is 2.36. The maximum Gasteiger partial charge on any atom is 0.256 e. The molecular weight excluding hydrogens is 360 g/mol. The first kappa shape index (κ1) is 17.4. The topological polar surface area (TPSA) is 41.6 Å². The van der Waals surface area contributed by atoms with E-state index in [0.29, 0.717) is 22.9 Å². The van der Waals surface area contributed by atoms with Crippen molar-refractivity contribution in [3.8, 4) is 5.75 Å². The van der Waals surface area contributed by atoms with Crippen LogP contribution in [0.1, 0.15) is 27.7 Å². The molecule has 1 N–H and O–H groups in total. The summed E-state index contributed by atoms with van der Waals surface area (Å²) < 4.78 is 5.45. The normalized spacial score (nSPS) is 15.6. The maximum absolute atomic E-state index is 13.1. The van der Waals surface area contributed by atoms with Crippen molar-refractivity contribution < 1.29 is 9.53 Å². The first-order valence-corrected chi connectivity index (χ1v) is 9.09. The van der Waals surface area contributed by atoms with E-state index >= 15 is 0 Å². The number of amides is 1. The minimum Gasteiger partial charge on any atom is -0.495 e. The Morgan fingerprint density at radius 2 is 1.78 bits per heavy atom. The lowest BCUT2D eigenvalue weighted by Crippen LogP contribution is -2.32. The number of benzene rings is 3. The molecule has 0 aromatic heterocycles. The smallest absolute Gasteiger partial charge is 0.256 e. The lowest BCUT2D eigenvalue weighted by molar-refractivity contribution is 0.0728. The Balaban J connectivity index is 1.73. The third-order valence-corrected chi connectivity index (χ3v) is 4.94. The fourth-order valence-electron chi connectivity index (χ4n) is 3.41. The van der Waals surface area contributed by atoms with E-state index in [0.717, 1.165) is 16.8 Å². The van der Waals surface area contributed by atoms with Gasteiger partial charge in [0.2, 0.25) is 0 Å². The molecular formula is C22H19ClN2O2. The van der Waals surface area contributed by atoms with Crippen LogP contribution in [-0.4, -0.2) is 17.9 Å². The summed E-state index contributed by atoms with van der Waals surface area (Å²) in [6.45, 7) is 0.509. The zero-order chi connectivity index (χ0) is 18.8. The molecule has 4 rings (SSSR count). The minimum absolute atomic E-state index is 0.00736. The van der Waals surface area contributed by atoms with Gasteiger partial charge in [0, 0.05) is 22.7 Å². The fraction of sp³-hybridized carbons (Fsp3) is 0.136. The van der Waals surface area contributed by atoms with Gasteiger partial charge in [0.25, 0.3) is 5.91 Å². The molecule has 0 aliphatic carbocycles. The number of carbonyl (C=O) groups is 1. The van der Waals surface area contributed by atoms with E-state index in [1.54, 1.807) is 13.2 Å². The molecule has 1 aliphatic heterocycles. The van der Waals surface area contributed by atoms with Gasteiger partial charge in [-0.1, -0.05) is 60.1 Å². The van der Waals surface area contributed by atoms with Gasteiger partial charge in [-0.15, -0.1) is 0 Å². The number of anilines is 1. The summed E-state index contributed by atoms with van der Waals surface area (Å²) >= 11 is 6.18. The summed E-state index contributed by atoms with van der Waals surface area (Å²) in [5.41, 5.74) is 3.48. The van der Waals surface area contributed by atoms with Gasteiger partial charge in [-0.05, 0) is 29.8 Å². The summed E-state index contributed by atoms with van der Waals surface area (Å²) in [4.78, 5) is 14.9. The Kier molecular flexibility index (Phi) is 4.73. The van der Waals surface area contributed by atoms with Crippen molar-refractivity contribution in [1.82, 2.24) is 4.90 Å². The molecule has 0 saturated heterocycles. The van der Waals surface area contributed by atoms with Gasteiger partial charge < -0.3 is 15.0 Å². The van der Waals surface area contributed by atoms with E-state index in [-0.39, 0.29) is 12.1 Å². The molecule has 1 aliphatic rings. The molecule has 1 amide bonds. The molecule has 3 aromatic carbocycles. The van der Waals surface area contributed by atoms with Crippen LogP contribution in [0.25, 0.3) is 0 Å². The van der Waals surface area contributed by atoms with Crippen LogP contribution >= 0.6 is 11.6 Å². The summed E-state index contributed by atoms with van der Waals surface area (Å²) in [5.74, 6) is 0.684. The van der Waals surface area contributed by atoms with Gasteiger partial charge in [-0.2, -0.15) is 0 Å². The van der Waals surface area contributed by atoms with Gasteiger partial charge in [-0.3, -0.25) is 4.79 Å². The van der Waals surface area contributed by atoms with Crippen molar-refractivity contribution in [3.63, 3.8) is 0 Å². The van der Waals surface area contributed by atoms with Crippen molar-refractivity contribution in [1.29, 1.82) is 0 Å². The van der Waals surface area contributed by atoms with Crippen LogP contribution in [-0.2, 0) is 6.54 Å². The van der Waals surface area contributed by atoms with Crippen LogP contribution in [0.5, 0.6) is 5.75 Å². The zero-order valence-corrected chi connectivity index (χ0v) is 15.6. The van der Waals surface area contributed by atoms with Gasteiger partial charge in [0.05, 0.1) is 12.8 Å². The number of nitrogens with zero attached hydrogens (tertiary/aromatic N) is 1. The second-order valence-corrected chi connectivity index (χ2v) is 6.83. The van der Waals surface area contributed by atoms with Crippen LogP contribution in [0, 0.1) is 0 Å². The predicted molar refractivity (Wildman–Crippen MR) is 107 cm³/mol. The average molecular weight is 379 g/mol. The molecule has 0 fully saturated rings. The van der Waals surface area contributed by atoms with Crippen LogP contribution in [0.15, 0.2) is 72.8 Å². The standard InChI is InChI=1S/C22H19ClN2O2/c1-27-20-12-11-16(23)13-19(20)24-21-17-9-5-6-10-18(17)22(26)25(21)14-15-7-3-2-4-8-15/h2-13,21,24H,14H2,1H3. The highest BCUT2D eigenvalue weighted by Crippen LogP contribution is 2.38. The quantitative estimate of drug-likeness (QED) is 0.670. The van der Waals surface area contributed by atoms with Crippen LogP contribution in [0.4, 0.5) is 5.69 Å². The lowest BCUT2D eigenvalue weighted by atomic mass is 10.1. The SMILES string of the molecule is COc1ccc(Cl)cc1NC1c2ccccc2C(=O)N1Cc1ccccc1. The van der Waals surface area contributed by atoms with Gasteiger partial charge >= 0.3 is 0 Å². The Labute approximate surface area is 163 Å². The first-order chi connectivity index (χ1) is 13.2. The summed E-state index contributed by atoms with van der Waals surface area (Å²) in [7, 11) is 1.61. The number of rotatable bonds is 5. The molecule has 136 valence electrons. The van der Waals surface area contributed by atoms with Gasteiger partial charge in [0.15, 0.2) is 0 Å². The minimum atomic E-state index is -0.304. The Bertz CT molecular complexity index is 975. The number of nitrogens with one attached hydrogen (secondary N) is 1. The van der Waals surface area contributed by atoms with Crippen molar-refractivity contribution in [2.75, 3.05) is 12.4 Å². The van der Waals surface area contributed by atoms with E-state index in [2.05, 4.69) is 5.32 Å². The molecule has 1 unspecified atom stereocenters. The predicted octanol–water partition coefficient (Wildman–Crippen LogP) is 5.12. The summed E-state index contributed by atoms with van der Waals surface area (Å²) in [6, 6.07) is 23.1. The van der Waals surface area contributed by atoms with Gasteiger partial charge in [0.1, 0.15) is 11.9 Å². The Hall–Kier alpha value is -2.98. The largest absolute Gasteiger partial charge is 0.495 e. The summed E-state index contributed by atoms with van der Waals surface area (Å²) in [6.07, 6.45) is -0.304. The van der Waals surface area contributed by atoms with E-state index in [9.17, 15) is 4.79 Å². The van der Waals surface area contributed by atoms with E-state index < -0.39 is 0 Å². The monoisotopic (exact) mass is 378 g/mol. The number of halogens is 1. The molecule has 4 nitrogen and oxygen atoms in total. The fourth-order valence-corrected chi connectivity index (χ4v) is 3.58. The summed E-state index contributed by atoms with van der Waals surface area (Å²) in [5, 5.41) is 4.06. The number of methoxy groups -OCH3 is 1. The number of fused-ring (bicyclic) bond motifs is 1. The molecule has 0 saturated carbocycles.